The maximum atomic E-state index is 12.3. The Morgan fingerprint density at radius 3 is 2.38 bits per heavy atom. The zero-order valence-corrected chi connectivity index (χ0v) is 10.3. The first-order valence-electron chi connectivity index (χ1n) is 4.79. The number of benzene rings is 1. The van der Waals surface area contributed by atoms with Crippen molar-refractivity contribution in [1.82, 2.24) is 5.32 Å². The van der Waals surface area contributed by atoms with Crippen LogP contribution in [0.25, 0.3) is 0 Å². The third-order valence-electron chi connectivity index (χ3n) is 2.06. The van der Waals surface area contributed by atoms with Crippen molar-refractivity contribution < 1.29 is 13.6 Å². The summed E-state index contributed by atoms with van der Waals surface area (Å²) in [5.41, 5.74) is 0.679. The molecule has 1 atom stereocenters. The normalized spacial score (nSPS) is 12.6. The molecule has 2 nitrogen and oxygen atoms in total. The number of carbonyl (C=O) groups excluding carboxylic acids is 1. The highest BCUT2D eigenvalue weighted by molar-refractivity contribution is 9.10. The largest absolute Gasteiger partial charge is 0.349 e. The number of rotatable bonds is 4. The van der Waals surface area contributed by atoms with E-state index >= 15 is 0 Å². The van der Waals surface area contributed by atoms with Gasteiger partial charge >= 0.3 is 0 Å². The molecule has 0 aliphatic rings. The zero-order chi connectivity index (χ0) is 12.1. The molecule has 1 aromatic rings. The molecular weight excluding hydrogens is 280 g/mol. The summed E-state index contributed by atoms with van der Waals surface area (Å²) in [7, 11) is 0. The maximum Gasteiger partial charge on any atom is 0.240 e. The van der Waals surface area contributed by atoms with E-state index in [1.54, 1.807) is 24.3 Å². The fourth-order valence-corrected chi connectivity index (χ4v) is 1.66. The fraction of sp³-hybridized carbons (Fsp3) is 0.364. The second kappa shape index (κ2) is 5.94. The predicted octanol–water partition coefficient (Wildman–Crippen LogP) is 3.28. The van der Waals surface area contributed by atoms with E-state index in [-0.39, 0.29) is 12.3 Å². The van der Waals surface area contributed by atoms with Crippen molar-refractivity contribution in [3.8, 4) is 0 Å². The second-order valence-electron chi connectivity index (χ2n) is 3.43. The van der Waals surface area contributed by atoms with Crippen molar-refractivity contribution in [3.63, 3.8) is 0 Å². The summed E-state index contributed by atoms with van der Waals surface area (Å²) in [5, 5.41) is 2.51. The molecule has 0 saturated heterocycles. The number of hydrogen-bond acceptors (Lipinski definition) is 1. The molecule has 1 rings (SSSR count). The first-order valence-corrected chi connectivity index (χ1v) is 5.59. The maximum absolute atomic E-state index is 12.3. The topological polar surface area (TPSA) is 29.1 Å². The van der Waals surface area contributed by atoms with Gasteiger partial charge in [-0.05, 0) is 17.7 Å². The summed E-state index contributed by atoms with van der Waals surface area (Å²) in [6.45, 7) is 1.32. The van der Waals surface area contributed by atoms with Gasteiger partial charge in [0.25, 0.3) is 0 Å². The molecule has 1 aromatic carbocycles. The smallest absolute Gasteiger partial charge is 0.240 e. The van der Waals surface area contributed by atoms with Gasteiger partial charge in [0.2, 0.25) is 12.3 Å². The number of nitrogens with one attached hydrogen (secondary N) is 1. The highest BCUT2D eigenvalue weighted by Gasteiger charge is 2.17. The van der Waals surface area contributed by atoms with Gasteiger partial charge in [0.05, 0.1) is 6.04 Å². The van der Waals surface area contributed by atoms with Crippen LogP contribution in [0.15, 0.2) is 28.7 Å². The van der Waals surface area contributed by atoms with Crippen LogP contribution in [0.3, 0.4) is 0 Å². The average Bonchev–Trinajstić information content (AvgIpc) is 2.16. The minimum Gasteiger partial charge on any atom is -0.349 e. The molecule has 16 heavy (non-hydrogen) atoms. The van der Waals surface area contributed by atoms with Crippen LogP contribution < -0.4 is 5.32 Å². The van der Waals surface area contributed by atoms with E-state index < -0.39 is 12.5 Å². The molecule has 1 N–H and O–H groups in total. The predicted molar refractivity (Wildman–Crippen MR) is 61.3 cm³/mol. The fourth-order valence-electron chi connectivity index (χ4n) is 1.40. The van der Waals surface area contributed by atoms with E-state index in [1.807, 2.05) is 0 Å². The van der Waals surface area contributed by atoms with Crippen molar-refractivity contribution in [2.45, 2.75) is 25.8 Å². The van der Waals surface area contributed by atoms with Gasteiger partial charge in [-0.2, -0.15) is 0 Å². The minimum absolute atomic E-state index is 0.312. The first-order chi connectivity index (χ1) is 7.49. The van der Waals surface area contributed by atoms with Gasteiger partial charge in [-0.3, -0.25) is 4.79 Å². The number of halogens is 3. The molecule has 0 heterocycles. The van der Waals surface area contributed by atoms with Crippen molar-refractivity contribution in [2.24, 2.45) is 0 Å². The zero-order valence-electron chi connectivity index (χ0n) is 8.71. The Labute approximate surface area is 101 Å². The standard InChI is InChI=1S/C11H12BrF2NO/c1-7(16)15-10(6-11(13)14)8-2-4-9(12)5-3-8/h2-5,10-11H,6H2,1H3,(H,15,16). The number of alkyl halides is 2. The number of hydrogen-bond donors (Lipinski definition) is 1. The molecule has 0 aliphatic heterocycles. The molecule has 1 unspecified atom stereocenters. The lowest BCUT2D eigenvalue weighted by molar-refractivity contribution is -0.119. The Kier molecular flexibility index (Phi) is 4.86. The lowest BCUT2D eigenvalue weighted by Crippen LogP contribution is -2.27. The number of carbonyl (C=O) groups is 1. The molecule has 0 fully saturated rings. The summed E-state index contributed by atoms with van der Waals surface area (Å²) in [6.07, 6.45) is -2.82. The van der Waals surface area contributed by atoms with Gasteiger partial charge in [0, 0.05) is 17.8 Å². The van der Waals surface area contributed by atoms with Gasteiger partial charge in [-0.1, -0.05) is 28.1 Å². The Morgan fingerprint density at radius 1 is 1.38 bits per heavy atom. The van der Waals surface area contributed by atoms with Gasteiger partial charge in [-0.15, -0.1) is 0 Å². The first kappa shape index (κ1) is 13.1. The third-order valence-corrected chi connectivity index (χ3v) is 2.59. The van der Waals surface area contributed by atoms with E-state index in [2.05, 4.69) is 21.2 Å². The SMILES string of the molecule is CC(=O)NC(CC(F)F)c1ccc(Br)cc1. The molecule has 0 radical (unpaired) electrons. The van der Waals surface area contributed by atoms with Crippen LogP contribution in [-0.4, -0.2) is 12.3 Å². The quantitative estimate of drug-likeness (QED) is 0.906. The summed E-state index contributed by atoms with van der Waals surface area (Å²) in [4.78, 5) is 10.9. The van der Waals surface area contributed by atoms with Gasteiger partial charge in [0.15, 0.2) is 0 Å². The summed E-state index contributed by atoms with van der Waals surface area (Å²) in [6, 6.07) is 6.32. The summed E-state index contributed by atoms with van der Waals surface area (Å²) >= 11 is 3.26. The van der Waals surface area contributed by atoms with Gasteiger partial charge in [-0.25, -0.2) is 8.78 Å². The summed E-state index contributed by atoms with van der Waals surface area (Å²) in [5.74, 6) is -0.312. The van der Waals surface area contributed by atoms with Gasteiger partial charge in [0.1, 0.15) is 0 Å². The second-order valence-corrected chi connectivity index (χ2v) is 4.35. The highest BCUT2D eigenvalue weighted by atomic mass is 79.9. The highest BCUT2D eigenvalue weighted by Crippen LogP contribution is 2.22. The molecule has 1 amide bonds. The van der Waals surface area contributed by atoms with Crippen LogP contribution in [0.2, 0.25) is 0 Å². The van der Waals surface area contributed by atoms with Crippen LogP contribution in [-0.2, 0) is 4.79 Å². The average molecular weight is 292 g/mol. The third kappa shape index (κ3) is 4.26. The van der Waals surface area contributed by atoms with Crippen LogP contribution >= 0.6 is 15.9 Å². The van der Waals surface area contributed by atoms with Crippen molar-refractivity contribution in [3.05, 3.63) is 34.3 Å². The van der Waals surface area contributed by atoms with E-state index in [1.165, 1.54) is 6.92 Å². The van der Waals surface area contributed by atoms with Crippen LogP contribution in [0.1, 0.15) is 24.9 Å². The van der Waals surface area contributed by atoms with E-state index in [9.17, 15) is 13.6 Å². The molecule has 5 heteroatoms. The lowest BCUT2D eigenvalue weighted by atomic mass is 10.0. The Bertz CT molecular complexity index is 354. The Hall–Kier alpha value is -0.970. The molecular formula is C11H12BrF2NO. The van der Waals surface area contributed by atoms with Crippen molar-refractivity contribution >= 4 is 21.8 Å². The van der Waals surface area contributed by atoms with Crippen LogP contribution in [0.4, 0.5) is 8.78 Å². The molecule has 0 aromatic heterocycles. The van der Waals surface area contributed by atoms with Crippen LogP contribution in [0.5, 0.6) is 0 Å². The summed E-state index contributed by atoms with van der Waals surface area (Å²) < 4.78 is 25.5. The van der Waals surface area contributed by atoms with Gasteiger partial charge < -0.3 is 5.32 Å². The van der Waals surface area contributed by atoms with Crippen LogP contribution in [0, 0.1) is 0 Å². The molecule has 0 spiro atoms. The van der Waals surface area contributed by atoms with E-state index in [0.717, 1.165) is 4.47 Å². The Balaban J connectivity index is 2.82. The monoisotopic (exact) mass is 291 g/mol. The molecule has 0 bridgehead atoms. The number of amides is 1. The van der Waals surface area contributed by atoms with E-state index in [4.69, 9.17) is 0 Å². The van der Waals surface area contributed by atoms with Crippen molar-refractivity contribution in [2.75, 3.05) is 0 Å². The molecule has 88 valence electrons. The Morgan fingerprint density at radius 2 is 1.94 bits per heavy atom. The minimum atomic E-state index is -2.44. The molecule has 0 aliphatic carbocycles. The molecule has 0 saturated carbocycles. The van der Waals surface area contributed by atoms with Crippen molar-refractivity contribution in [1.29, 1.82) is 0 Å². The van der Waals surface area contributed by atoms with E-state index in [0.29, 0.717) is 5.56 Å². The lowest BCUT2D eigenvalue weighted by Gasteiger charge is -2.17.